The molecule has 1 saturated heterocycles. The van der Waals surface area contributed by atoms with E-state index in [0.717, 1.165) is 0 Å². The summed E-state index contributed by atoms with van der Waals surface area (Å²) in [4.78, 5) is 0. The third kappa shape index (κ3) is 2.95. The molecule has 5 heteroatoms. The average Bonchev–Trinajstić information content (AvgIpc) is 2.47. The van der Waals surface area contributed by atoms with Gasteiger partial charge in [-0.05, 0) is 24.6 Å². The van der Waals surface area contributed by atoms with Gasteiger partial charge in [0, 0.05) is 32.7 Å². The number of aliphatic hydroxyl groups is 1. The van der Waals surface area contributed by atoms with Crippen LogP contribution in [-0.4, -0.2) is 37.6 Å². The van der Waals surface area contributed by atoms with Crippen LogP contribution < -0.4 is 4.74 Å². The van der Waals surface area contributed by atoms with E-state index in [4.69, 9.17) is 14.2 Å². The maximum atomic E-state index is 13.8. The maximum Gasteiger partial charge on any atom is 0.165 e. The van der Waals surface area contributed by atoms with Gasteiger partial charge in [0.15, 0.2) is 11.6 Å². The molecule has 1 aromatic carbocycles. The van der Waals surface area contributed by atoms with E-state index in [1.807, 2.05) is 6.92 Å². The highest BCUT2D eigenvalue weighted by Gasteiger charge is 2.41. The van der Waals surface area contributed by atoms with E-state index in [1.54, 1.807) is 6.07 Å². The summed E-state index contributed by atoms with van der Waals surface area (Å²) in [6, 6.07) is 4.50. The highest BCUT2D eigenvalue weighted by atomic mass is 19.1. The van der Waals surface area contributed by atoms with Gasteiger partial charge in [0.25, 0.3) is 0 Å². The van der Waals surface area contributed by atoms with E-state index in [-0.39, 0.29) is 5.75 Å². The molecule has 112 valence electrons. The summed E-state index contributed by atoms with van der Waals surface area (Å²) < 4.78 is 29.8. The average molecular weight is 284 g/mol. The quantitative estimate of drug-likeness (QED) is 0.902. The van der Waals surface area contributed by atoms with Crippen LogP contribution in [0.4, 0.5) is 4.39 Å². The van der Waals surface area contributed by atoms with Crippen molar-refractivity contribution in [2.24, 2.45) is 0 Å². The van der Waals surface area contributed by atoms with Crippen molar-refractivity contribution >= 4 is 0 Å². The number of aliphatic hydroxyl groups excluding tert-OH is 1. The lowest BCUT2D eigenvalue weighted by Crippen LogP contribution is -2.44. The first-order valence-corrected chi connectivity index (χ1v) is 6.86. The van der Waals surface area contributed by atoms with Crippen molar-refractivity contribution in [2.75, 3.05) is 26.9 Å². The Balaban J connectivity index is 2.26. The zero-order valence-electron chi connectivity index (χ0n) is 11.9. The van der Waals surface area contributed by atoms with Crippen LogP contribution in [0.2, 0.25) is 0 Å². The van der Waals surface area contributed by atoms with E-state index in [0.29, 0.717) is 38.2 Å². The van der Waals surface area contributed by atoms with Gasteiger partial charge in [-0.15, -0.1) is 0 Å². The number of methoxy groups -OCH3 is 1. The Morgan fingerprint density at radius 3 is 2.65 bits per heavy atom. The monoisotopic (exact) mass is 284 g/mol. The molecule has 0 spiro atoms. The zero-order chi connectivity index (χ0) is 14.6. The molecule has 1 heterocycles. The van der Waals surface area contributed by atoms with Crippen molar-refractivity contribution in [3.63, 3.8) is 0 Å². The van der Waals surface area contributed by atoms with Crippen molar-refractivity contribution in [2.45, 2.75) is 31.5 Å². The minimum atomic E-state index is -0.883. The van der Waals surface area contributed by atoms with E-state index in [9.17, 15) is 9.50 Å². The molecular formula is C15H21FO4. The predicted octanol–water partition coefficient (Wildman–Crippen LogP) is 2.45. The largest absolute Gasteiger partial charge is 0.494 e. The molecule has 1 atom stereocenters. The maximum absolute atomic E-state index is 13.8. The summed E-state index contributed by atoms with van der Waals surface area (Å²) >= 11 is 0. The van der Waals surface area contributed by atoms with Crippen LogP contribution in [0.5, 0.6) is 5.75 Å². The second-order valence-corrected chi connectivity index (χ2v) is 4.91. The number of rotatable bonds is 5. The molecule has 2 rings (SSSR count). The van der Waals surface area contributed by atoms with E-state index >= 15 is 0 Å². The lowest BCUT2D eigenvalue weighted by atomic mass is 9.84. The lowest BCUT2D eigenvalue weighted by molar-refractivity contribution is -0.168. The molecule has 1 N–H and O–H groups in total. The Morgan fingerprint density at radius 1 is 1.40 bits per heavy atom. The van der Waals surface area contributed by atoms with Crippen molar-refractivity contribution in [3.05, 3.63) is 29.6 Å². The van der Waals surface area contributed by atoms with Crippen LogP contribution in [0, 0.1) is 5.82 Å². The van der Waals surface area contributed by atoms with Gasteiger partial charge in [-0.25, -0.2) is 4.39 Å². The Kier molecular flexibility index (Phi) is 4.96. The van der Waals surface area contributed by atoms with Gasteiger partial charge in [0.05, 0.1) is 7.11 Å². The predicted molar refractivity (Wildman–Crippen MR) is 72.3 cm³/mol. The van der Waals surface area contributed by atoms with Gasteiger partial charge < -0.3 is 19.3 Å². The third-order valence-electron chi connectivity index (χ3n) is 3.76. The number of hydrogen-bond acceptors (Lipinski definition) is 4. The zero-order valence-corrected chi connectivity index (χ0v) is 11.9. The summed E-state index contributed by atoms with van der Waals surface area (Å²) in [5.41, 5.74) is -0.202. The number of ether oxygens (including phenoxy) is 3. The van der Waals surface area contributed by atoms with Gasteiger partial charge in [-0.1, -0.05) is 6.07 Å². The van der Waals surface area contributed by atoms with Crippen molar-refractivity contribution in [3.8, 4) is 5.75 Å². The summed E-state index contributed by atoms with van der Waals surface area (Å²) in [5.74, 6) is -0.318. The second-order valence-electron chi connectivity index (χ2n) is 4.91. The van der Waals surface area contributed by atoms with Crippen LogP contribution in [0.15, 0.2) is 18.2 Å². The first-order chi connectivity index (χ1) is 9.63. The Morgan fingerprint density at radius 2 is 2.10 bits per heavy atom. The normalized spacial score (nSPS) is 19.6. The number of benzene rings is 1. The molecule has 0 saturated carbocycles. The van der Waals surface area contributed by atoms with Gasteiger partial charge in [-0.3, -0.25) is 0 Å². The smallest absolute Gasteiger partial charge is 0.165 e. The molecule has 0 aliphatic carbocycles. The molecule has 1 unspecified atom stereocenters. The molecule has 0 bridgehead atoms. The van der Waals surface area contributed by atoms with Gasteiger partial charge >= 0.3 is 0 Å². The van der Waals surface area contributed by atoms with Crippen LogP contribution in [0.3, 0.4) is 0 Å². The summed E-state index contributed by atoms with van der Waals surface area (Å²) in [7, 11) is 1.41. The molecule has 0 radical (unpaired) electrons. The van der Waals surface area contributed by atoms with Crippen LogP contribution in [-0.2, 0) is 9.47 Å². The minimum absolute atomic E-state index is 0.165. The SMILES string of the molecule is CCOC1(C(O)c2ccc(OC)c(F)c2)CCOCC1. The fourth-order valence-electron chi connectivity index (χ4n) is 2.66. The van der Waals surface area contributed by atoms with E-state index < -0.39 is 17.5 Å². The highest BCUT2D eigenvalue weighted by Crippen LogP contribution is 2.38. The Labute approximate surface area is 118 Å². The van der Waals surface area contributed by atoms with Crippen LogP contribution in [0.1, 0.15) is 31.4 Å². The summed E-state index contributed by atoms with van der Waals surface area (Å²) in [5, 5.41) is 10.6. The number of hydrogen-bond donors (Lipinski definition) is 1. The molecule has 1 fully saturated rings. The third-order valence-corrected chi connectivity index (χ3v) is 3.76. The molecule has 0 amide bonds. The molecule has 1 aliphatic heterocycles. The van der Waals surface area contributed by atoms with Gasteiger partial charge in [-0.2, -0.15) is 0 Å². The van der Waals surface area contributed by atoms with Gasteiger partial charge in [0.2, 0.25) is 0 Å². The lowest BCUT2D eigenvalue weighted by Gasteiger charge is -2.40. The van der Waals surface area contributed by atoms with Crippen molar-refractivity contribution in [1.29, 1.82) is 0 Å². The first kappa shape index (κ1) is 15.2. The Hall–Kier alpha value is -1.17. The van der Waals surface area contributed by atoms with Crippen LogP contribution >= 0.6 is 0 Å². The molecule has 20 heavy (non-hydrogen) atoms. The molecular weight excluding hydrogens is 263 g/mol. The van der Waals surface area contributed by atoms with Crippen molar-refractivity contribution in [1.82, 2.24) is 0 Å². The fraction of sp³-hybridized carbons (Fsp3) is 0.600. The number of halogens is 1. The van der Waals surface area contributed by atoms with E-state index in [2.05, 4.69) is 0 Å². The first-order valence-electron chi connectivity index (χ1n) is 6.86. The molecule has 4 nitrogen and oxygen atoms in total. The molecule has 0 aromatic heterocycles. The summed E-state index contributed by atoms with van der Waals surface area (Å²) in [6.45, 7) is 3.46. The second kappa shape index (κ2) is 6.52. The highest BCUT2D eigenvalue weighted by molar-refractivity contribution is 5.31. The fourth-order valence-corrected chi connectivity index (χ4v) is 2.66. The van der Waals surface area contributed by atoms with Gasteiger partial charge in [0.1, 0.15) is 11.7 Å². The van der Waals surface area contributed by atoms with E-state index in [1.165, 1.54) is 19.2 Å². The molecule has 1 aromatic rings. The minimum Gasteiger partial charge on any atom is -0.494 e. The molecule has 1 aliphatic rings. The van der Waals surface area contributed by atoms with Crippen molar-refractivity contribution < 1.29 is 23.7 Å². The standard InChI is InChI=1S/C15H21FO4/c1-3-20-15(6-8-19-9-7-15)14(17)11-4-5-13(18-2)12(16)10-11/h4-5,10,14,17H,3,6-9H2,1-2H3. The summed E-state index contributed by atoms with van der Waals surface area (Å²) in [6.07, 6.45) is 0.303. The Bertz CT molecular complexity index is 438. The topological polar surface area (TPSA) is 47.9 Å². The van der Waals surface area contributed by atoms with Crippen LogP contribution in [0.25, 0.3) is 0 Å².